The van der Waals surface area contributed by atoms with Gasteiger partial charge in [0.1, 0.15) is 0 Å². The quantitative estimate of drug-likeness (QED) is 0.684. The molecular weight excluding hydrogens is 288 g/mol. The number of rotatable bonds is 3. The van der Waals surface area contributed by atoms with Gasteiger partial charge in [0.15, 0.2) is 5.05 Å². The van der Waals surface area contributed by atoms with Crippen molar-refractivity contribution in [1.29, 1.82) is 0 Å². The van der Waals surface area contributed by atoms with Crippen molar-refractivity contribution in [2.24, 2.45) is 5.41 Å². The van der Waals surface area contributed by atoms with E-state index in [0.717, 1.165) is 6.42 Å². The van der Waals surface area contributed by atoms with Crippen molar-refractivity contribution in [2.75, 3.05) is 6.61 Å². The maximum absolute atomic E-state index is 5.83. The van der Waals surface area contributed by atoms with E-state index in [0.29, 0.717) is 17.6 Å². The molecule has 0 atom stereocenters. The fourth-order valence-corrected chi connectivity index (χ4v) is 3.14. The van der Waals surface area contributed by atoms with E-state index in [1.165, 1.54) is 22.3 Å². The molecule has 0 aliphatic heterocycles. The Morgan fingerprint density at radius 1 is 0.955 bits per heavy atom. The number of hydrogen-bond acceptors (Lipinski definition) is 2. The van der Waals surface area contributed by atoms with Crippen LogP contribution in [0.1, 0.15) is 44.2 Å². The van der Waals surface area contributed by atoms with E-state index >= 15 is 0 Å². The van der Waals surface area contributed by atoms with Crippen LogP contribution in [0.4, 0.5) is 0 Å². The first-order chi connectivity index (χ1) is 10.5. The molecule has 0 spiro atoms. The number of benzene rings is 2. The summed E-state index contributed by atoms with van der Waals surface area (Å²) in [5, 5.41) is 0.701. The summed E-state index contributed by atoms with van der Waals surface area (Å²) >= 11 is 5.36. The van der Waals surface area contributed by atoms with E-state index in [1.807, 2.05) is 0 Å². The third-order valence-electron chi connectivity index (χ3n) is 4.21. The van der Waals surface area contributed by atoms with Gasteiger partial charge < -0.3 is 4.74 Å². The Morgan fingerprint density at radius 3 is 1.95 bits per heavy atom. The van der Waals surface area contributed by atoms with Crippen LogP contribution in [0, 0.1) is 5.41 Å². The van der Waals surface area contributed by atoms with E-state index in [1.54, 1.807) is 0 Å². The van der Waals surface area contributed by atoms with Crippen molar-refractivity contribution < 1.29 is 4.74 Å². The zero-order valence-electron chi connectivity index (χ0n) is 13.4. The molecule has 0 fully saturated rings. The smallest absolute Gasteiger partial charge is 0.164 e. The maximum atomic E-state index is 5.83. The highest BCUT2D eigenvalue weighted by atomic mass is 32.1. The van der Waals surface area contributed by atoms with Crippen LogP contribution in [0.3, 0.4) is 0 Å². The molecule has 3 rings (SSSR count). The molecule has 0 saturated heterocycles. The summed E-state index contributed by atoms with van der Waals surface area (Å²) in [5.74, 6) is 0.412. The minimum atomic E-state index is -0.0686. The monoisotopic (exact) mass is 310 g/mol. The Kier molecular flexibility index (Phi) is 4.05. The molecule has 1 nitrogen and oxygen atoms in total. The van der Waals surface area contributed by atoms with Gasteiger partial charge in [-0.1, -0.05) is 69.3 Å². The lowest BCUT2D eigenvalue weighted by Crippen LogP contribution is -2.22. The molecule has 0 saturated carbocycles. The highest BCUT2D eigenvalue weighted by Gasteiger charge is 2.28. The van der Waals surface area contributed by atoms with Crippen molar-refractivity contribution in [3.63, 3.8) is 0 Å². The van der Waals surface area contributed by atoms with Crippen molar-refractivity contribution in [2.45, 2.75) is 33.1 Å². The van der Waals surface area contributed by atoms with Crippen LogP contribution in [-0.4, -0.2) is 11.7 Å². The highest BCUT2D eigenvalue weighted by Crippen LogP contribution is 2.45. The Balaban J connectivity index is 1.78. The third-order valence-corrected chi connectivity index (χ3v) is 4.94. The van der Waals surface area contributed by atoms with Crippen LogP contribution in [0.15, 0.2) is 48.5 Å². The second-order valence-corrected chi connectivity index (χ2v) is 7.27. The minimum absolute atomic E-state index is 0.0686. The molecule has 0 radical (unpaired) electrons. The van der Waals surface area contributed by atoms with E-state index in [4.69, 9.17) is 17.0 Å². The minimum Gasteiger partial charge on any atom is -0.486 e. The van der Waals surface area contributed by atoms with Gasteiger partial charge in [-0.2, -0.15) is 0 Å². The zero-order chi connectivity index (χ0) is 15.7. The van der Waals surface area contributed by atoms with Gasteiger partial charge in [0, 0.05) is 11.3 Å². The first kappa shape index (κ1) is 15.2. The van der Waals surface area contributed by atoms with Crippen LogP contribution in [0.5, 0.6) is 0 Å². The molecule has 0 amide bonds. The van der Waals surface area contributed by atoms with Gasteiger partial charge in [-0.25, -0.2) is 0 Å². The molecule has 1 aliphatic carbocycles. The Labute approximate surface area is 138 Å². The highest BCUT2D eigenvalue weighted by molar-refractivity contribution is 7.80. The molecule has 2 aromatic carbocycles. The summed E-state index contributed by atoms with van der Waals surface area (Å²) in [6, 6.07) is 17.4. The summed E-state index contributed by atoms with van der Waals surface area (Å²) in [5.41, 5.74) is 5.48. The van der Waals surface area contributed by atoms with E-state index in [9.17, 15) is 0 Å². The fraction of sp³-hybridized carbons (Fsp3) is 0.350. The standard InChI is InChI=1S/C20H22OS/c1-20(2,3)19(22)21-13-12-18-16-10-6-4-8-14(16)15-9-5-7-11-17(15)18/h4-11,18H,12-13H2,1-3H3. The predicted octanol–water partition coefficient (Wildman–Crippen LogP) is 5.58. The first-order valence-electron chi connectivity index (χ1n) is 7.84. The molecule has 0 unspecified atom stereocenters. The van der Waals surface area contributed by atoms with Crippen LogP contribution in [-0.2, 0) is 4.74 Å². The van der Waals surface area contributed by atoms with Gasteiger partial charge in [-0.05, 0) is 40.9 Å². The Morgan fingerprint density at radius 2 is 1.45 bits per heavy atom. The summed E-state index contributed by atoms with van der Waals surface area (Å²) in [7, 11) is 0. The maximum Gasteiger partial charge on any atom is 0.164 e. The lowest BCUT2D eigenvalue weighted by atomic mass is 9.94. The zero-order valence-corrected chi connectivity index (χ0v) is 14.2. The second-order valence-electron chi connectivity index (χ2n) is 6.90. The molecule has 114 valence electrons. The molecule has 0 aromatic heterocycles. The van der Waals surface area contributed by atoms with Gasteiger partial charge in [0.05, 0.1) is 6.61 Å². The number of thiocarbonyl (C=S) groups is 1. The summed E-state index contributed by atoms with van der Waals surface area (Å²) in [6.45, 7) is 6.95. The molecule has 0 heterocycles. The number of hydrogen-bond donors (Lipinski definition) is 0. The third kappa shape index (κ3) is 2.80. The van der Waals surface area contributed by atoms with E-state index < -0.39 is 0 Å². The fourth-order valence-electron chi connectivity index (χ4n) is 3.06. The Bertz CT molecular complexity index is 651. The van der Waals surface area contributed by atoms with E-state index in [-0.39, 0.29) is 5.41 Å². The molecule has 1 aliphatic rings. The lowest BCUT2D eigenvalue weighted by molar-refractivity contribution is 0.264. The van der Waals surface area contributed by atoms with Gasteiger partial charge in [-0.3, -0.25) is 0 Å². The molecule has 22 heavy (non-hydrogen) atoms. The van der Waals surface area contributed by atoms with Crippen LogP contribution in [0.25, 0.3) is 11.1 Å². The van der Waals surface area contributed by atoms with Crippen molar-refractivity contribution >= 4 is 17.3 Å². The first-order valence-corrected chi connectivity index (χ1v) is 8.25. The molecule has 0 bridgehead atoms. The van der Waals surface area contributed by atoms with Crippen LogP contribution < -0.4 is 0 Å². The lowest BCUT2D eigenvalue weighted by Gasteiger charge is -2.21. The van der Waals surface area contributed by atoms with E-state index in [2.05, 4.69) is 69.3 Å². The molecular formula is C20H22OS. The summed E-state index contributed by atoms with van der Waals surface area (Å²) < 4.78 is 5.83. The SMILES string of the molecule is CC(C)(C)C(=S)OCCC1c2ccccc2-c2ccccc21. The average molecular weight is 310 g/mol. The van der Waals surface area contributed by atoms with Gasteiger partial charge in [0.25, 0.3) is 0 Å². The van der Waals surface area contributed by atoms with Crippen LogP contribution in [0.2, 0.25) is 0 Å². The average Bonchev–Trinajstić information content (AvgIpc) is 2.81. The summed E-state index contributed by atoms with van der Waals surface area (Å²) in [6.07, 6.45) is 0.963. The number of ether oxygens (including phenoxy) is 1. The Hall–Kier alpha value is -1.67. The largest absolute Gasteiger partial charge is 0.486 e. The second kappa shape index (κ2) is 5.85. The van der Waals surface area contributed by atoms with Crippen molar-refractivity contribution in [3.8, 4) is 11.1 Å². The summed E-state index contributed by atoms with van der Waals surface area (Å²) in [4.78, 5) is 0. The molecule has 2 aromatic rings. The molecule has 0 N–H and O–H groups in total. The predicted molar refractivity (Wildman–Crippen MR) is 96.3 cm³/mol. The van der Waals surface area contributed by atoms with Crippen molar-refractivity contribution in [1.82, 2.24) is 0 Å². The van der Waals surface area contributed by atoms with Crippen molar-refractivity contribution in [3.05, 3.63) is 59.7 Å². The molecule has 2 heteroatoms. The normalized spacial score (nSPS) is 13.6. The van der Waals surface area contributed by atoms with Gasteiger partial charge in [0.2, 0.25) is 0 Å². The number of fused-ring (bicyclic) bond motifs is 3. The van der Waals surface area contributed by atoms with Gasteiger partial charge in [-0.15, -0.1) is 0 Å². The topological polar surface area (TPSA) is 9.23 Å². The van der Waals surface area contributed by atoms with Gasteiger partial charge >= 0.3 is 0 Å². The van der Waals surface area contributed by atoms with Crippen LogP contribution >= 0.6 is 12.2 Å².